The number of halogens is 3. The molecule has 0 aromatic heterocycles. The summed E-state index contributed by atoms with van der Waals surface area (Å²) in [6.07, 6.45) is -4.26. The minimum absolute atomic E-state index is 0.0490. The Morgan fingerprint density at radius 1 is 0.775 bits per heavy atom. The van der Waals surface area contributed by atoms with Crippen LogP contribution in [-0.2, 0) is 32.6 Å². The molecule has 0 radical (unpaired) electrons. The van der Waals surface area contributed by atoms with E-state index in [0.29, 0.717) is 12.0 Å². The van der Waals surface area contributed by atoms with Crippen LogP contribution in [0, 0.1) is 0 Å². The summed E-state index contributed by atoms with van der Waals surface area (Å²) in [6.45, 7) is 1.80. The zero-order chi connectivity index (χ0) is 28.6. The maximum absolute atomic E-state index is 14.2. The molecular weight excluding hydrogens is 515 g/mol. The second-order valence-electron chi connectivity index (χ2n) is 9.55. The minimum atomic E-state index is -4.67. The van der Waals surface area contributed by atoms with Gasteiger partial charge in [-0.15, -0.1) is 0 Å². The molecule has 0 saturated carbocycles. The molecule has 1 atom stereocenters. The van der Waals surface area contributed by atoms with E-state index < -0.39 is 23.4 Å². The summed E-state index contributed by atoms with van der Waals surface area (Å²) in [5, 5.41) is 0. The van der Waals surface area contributed by atoms with E-state index in [1.165, 1.54) is 12.1 Å². The SMILES string of the molecule is CCCOC(N)(C(=O)OCC(c1ccccc1)c1ccccc1)c1cccc(C(F)(F)F)c1Cc1ccccc1. The highest BCUT2D eigenvalue weighted by atomic mass is 19.4. The highest BCUT2D eigenvalue weighted by Gasteiger charge is 2.44. The standard InChI is InChI=1S/C33H32F3NO3/c1-2-21-40-32(37,29-19-12-20-30(33(34,35)36)27(29)22-24-13-6-3-7-14-24)31(38)39-23-28(25-15-8-4-9-16-25)26-17-10-5-11-18-26/h3-20,28H,2,21-23,37H2,1H3. The van der Waals surface area contributed by atoms with Crippen LogP contribution in [-0.4, -0.2) is 19.2 Å². The molecule has 40 heavy (non-hydrogen) atoms. The first-order valence-electron chi connectivity index (χ1n) is 13.2. The Balaban J connectivity index is 1.73. The number of ether oxygens (including phenoxy) is 2. The molecule has 4 nitrogen and oxygen atoms in total. The number of hydrogen-bond acceptors (Lipinski definition) is 4. The van der Waals surface area contributed by atoms with Gasteiger partial charge in [0.1, 0.15) is 6.61 Å². The van der Waals surface area contributed by atoms with Gasteiger partial charge in [-0.1, -0.05) is 110 Å². The largest absolute Gasteiger partial charge is 0.461 e. The van der Waals surface area contributed by atoms with E-state index in [1.807, 2.05) is 67.6 Å². The van der Waals surface area contributed by atoms with E-state index in [4.69, 9.17) is 15.2 Å². The summed E-state index contributed by atoms with van der Waals surface area (Å²) >= 11 is 0. The summed E-state index contributed by atoms with van der Waals surface area (Å²) in [6, 6.07) is 31.5. The third kappa shape index (κ3) is 6.79. The molecule has 0 spiro atoms. The van der Waals surface area contributed by atoms with Gasteiger partial charge >= 0.3 is 12.1 Å². The zero-order valence-electron chi connectivity index (χ0n) is 22.2. The summed E-state index contributed by atoms with van der Waals surface area (Å²) in [4.78, 5) is 13.8. The van der Waals surface area contributed by atoms with E-state index in [-0.39, 0.29) is 36.7 Å². The molecular formula is C33H32F3NO3. The van der Waals surface area contributed by atoms with Gasteiger partial charge in [0.2, 0.25) is 5.72 Å². The number of nitrogens with two attached hydrogens (primary N) is 1. The molecule has 4 aromatic carbocycles. The Hall–Kier alpha value is -3.94. The molecule has 7 heteroatoms. The van der Waals surface area contributed by atoms with E-state index >= 15 is 0 Å². The van der Waals surface area contributed by atoms with Crippen LogP contribution in [0.15, 0.2) is 109 Å². The summed E-state index contributed by atoms with van der Waals surface area (Å²) < 4.78 is 54.3. The smallest absolute Gasteiger partial charge is 0.416 e. The van der Waals surface area contributed by atoms with E-state index in [0.717, 1.165) is 17.2 Å². The van der Waals surface area contributed by atoms with Gasteiger partial charge in [-0.3, -0.25) is 5.73 Å². The molecule has 0 aliphatic rings. The van der Waals surface area contributed by atoms with Crippen molar-refractivity contribution in [1.82, 2.24) is 0 Å². The van der Waals surface area contributed by atoms with Gasteiger partial charge in [-0.2, -0.15) is 13.2 Å². The quantitative estimate of drug-likeness (QED) is 0.159. The summed E-state index contributed by atoms with van der Waals surface area (Å²) in [7, 11) is 0. The number of benzene rings is 4. The van der Waals surface area contributed by atoms with Crippen LogP contribution in [0.25, 0.3) is 0 Å². The molecule has 0 heterocycles. The van der Waals surface area contributed by atoms with Gasteiger partial charge in [0.15, 0.2) is 0 Å². The highest BCUT2D eigenvalue weighted by Crippen LogP contribution is 2.38. The Labute approximate surface area is 232 Å². The van der Waals surface area contributed by atoms with E-state index in [1.54, 1.807) is 30.3 Å². The molecule has 0 aliphatic carbocycles. The van der Waals surface area contributed by atoms with Crippen LogP contribution in [0.5, 0.6) is 0 Å². The van der Waals surface area contributed by atoms with Gasteiger partial charge < -0.3 is 9.47 Å². The number of alkyl halides is 3. The van der Waals surface area contributed by atoms with Crippen LogP contribution < -0.4 is 5.73 Å². The maximum atomic E-state index is 14.2. The average Bonchev–Trinajstić information content (AvgIpc) is 2.97. The van der Waals surface area contributed by atoms with Crippen molar-refractivity contribution in [3.63, 3.8) is 0 Å². The fourth-order valence-corrected chi connectivity index (χ4v) is 4.72. The number of rotatable bonds is 11. The Bertz CT molecular complexity index is 1340. The predicted octanol–water partition coefficient (Wildman–Crippen LogP) is 7.21. The van der Waals surface area contributed by atoms with Gasteiger partial charge in [0.05, 0.1) is 5.56 Å². The first kappa shape index (κ1) is 29.1. The minimum Gasteiger partial charge on any atom is -0.461 e. The number of esters is 1. The van der Waals surface area contributed by atoms with Crippen LogP contribution in [0.1, 0.15) is 52.6 Å². The molecule has 1 unspecified atom stereocenters. The van der Waals surface area contributed by atoms with Crippen LogP contribution in [0.3, 0.4) is 0 Å². The predicted molar refractivity (Wildman–Crippen MR) is 148 cm³/mol. The summed E-state index contributed by atoms with van der Waals surface area (Å²) in [5.74, 6) is -1.27. The summed E-state index contributed by atoms with van der Waals surface area (Å²) in [5.41, 5.74) is 5.77. The second-order valence-corrected chi connectivity index (χ2v) is 9.55. The Morgan fingerprint density at radius 2 is 1.30 bits per heavy atom. The zero-order valence-corrected chi connectivity index (χ0v) is 22.2. The van der Waals surface area contributed by atoms with Crippen molar-refractivity contribution < 1.29 is 27.4 Å². The van der Waals surface area contributed by atoms with Crippen molar-refractivity contribution in [2.24, 2.45) is 5.73 Å². The van der Waals surface area contributed by atoms with Gasteiger partial charge in [-0.25, -0.2) is 4.79 Å². The highest BCUT2D eigenvalue weighted by molar-refractivity contribution is 5.81. The van der Waals surface area contributed by atoms with Crippen molar-refractivity contribution in [3.05, 3.63) is 143 Å². The van der Waals surface area contributed by atoms with Crippen LogP contribution in [0.4, 0.5) is 13.2 Å². The fourth-order valence-electron chi connectivity index (χ4n) is 4.72. The number of carbonyl (C=O) groups is 1. The van der Waals surface area contributed by atoms with Gasteiger partial charge in [0, 0.05) is 18.1 Å². The Kier molecular flexibility index (Phi) is 9.40. The van der Waals surface area contributed by atoms with Crippen molar-refractivity contribution in [3.8, 4) is 0 Å². The lowest BCUT2D eigenvalue weighted by Gasteiger charge is -2.31. The molecule has 0 amide bonds. The molecule has 208 valence electrons. The lowest BCUT2D eigenvalue weighted by molar-refractivity contribution is -0.175. The first-order chi connectivity index (χ1) is 19.2. The topological polar surface area (TPSA) is 61.5 Å². The molecule has 0 aliphatic heterocycles. The van der Waals surface area contributed by atoms with Crippen molar-refractivity contribution in [2.75, 3.05) is 13.2 Å². The molecule has 4 rings (SSSR count). The van der Waals surface area contributed by atoms with E-state index in [9.17, 15) is 18.0 Å². The first-order valence-corrected chi connectivity index (χ1v) is 13.2. The van der Waals surface area contributed by atoms with Crippen LogP contribution in [0.2, 0.25) is 0 Å². The maximum Gasteiger partial charge on any atom is 0.416 e. The molecule has 2 N–H and O–H groups in total. The Morgan fingerprint density at radius 3 is 1.82 bits per heavy atom. The van der Waals surface area contributed by atoms with Crippen molar-refractivity contribution >= 4 is 5.97 Å². The van der Waals surface area contributed by atoms with Gasteiger partial charge in [0.25, 0.3) is 0 Å². The lowest BCUT2D eigenvalue weighted by Crippen LogP contribution is -2.50. The molecule has 0 fully saturated rings. The second kappa shape index (κ2) is 12.9. The average molecular weight is 548 g/mol. The monoisotopic (exact) mass is 547 g/mol. The van der Waals surface area contributed by atoms with E-state index in [2.05, 4.69) is 0 Å². The van der Waals surface area contributed by atoms with Crippen molar-refractivity contribution in [1.29, 1.82) is 0 Å². The van der Waals surface area contributed by atoms with Crippen LogP contribution >= 0.6 is 0 Å². The van der Waals surface area contributed by atoms with Gasteiger partial charge in [-0.05, 0) is 41.2 Å². The molecule has 0 saturated heterocycles. The molecule has 0 bridgehead atoms. The normalized spacial score (nSPS) is 13.2. The third-order valence-corrected chi connectivity index (χ3v) is 6.73. The molecule has 4 aromatic rings. The number of hydrogen-bond donors (Lipinski definition) is 1. The fraction of sp³-hybridized carbons (Fsp3) is 0.242. The lowest BCUT2D eigenvalue weighted by atomic mass is 9.88. The number of carbonyl (C=O) groups excluding carboxylic acids is 1. The third-order valence-electron chi connectivity index (χ3n) is 6.73. The van der Waals surface area contributed by atoms with Crippen molar-refractivity contribution in [2.45, 2.75) is 37.6 Å².